The van der Waals surface area contributed by atoms with Gasteiger partial charge in [0.15, 0.2) is 17.6 Å². The molecule has 158 valence electrons. The van der Waals surface area contributed by atoms with E-state index in [0.29, 0.717) is 27.7 Å². The second kappa shape index (κ2) is 8.65. The van der Waals surface area contributed by atoms with Crippen molar-refractivity contribution in [3.8, 4) is 11.7 Å². The number of aromatic nitrogens is 6. The number of hydrogen-bond donors (Lipinski definition) is 1. The first-order valence-corrected chi connectivity index (χ1v) is 10.0. The minimum Gasteiger partial charge on any atom is -0.463 e. The number of carbonyl (C=O) groups excluding carboxylic acids is 1. The summed E-state index contributed by atoms with van der Waals surface area (Å²) in [6, 6.07) is 7.07. The standard InChI is InChI=1S/C21H20ClN7O2/c1-12(2)17(20(30)28-16-7-6-13(3)9-24-16)31-21-14-10-27-29(18(14)25-11-26-21)19-15(22)5-4-8-23-19/h4-12,17H,1-3H3,(H,24,28,30). The van der Waals surface area contributed by atoms with E-state index < -0.39 is 6.10 Å². The SMILES string of the molecule is Cc1ccc(NC(=O)C(Oc2ncnc3c2cnn3-c2ncccc2Cl)C(C)C)nc1. The van der Waals surface area contributed by atoms with Crippen LogP contribution in [0.1, 0.15) is 19.4 Å². The molecule has 1 amide bonds. The Hall–Kier alpha value is -3.59. The third-order valence-electron chi connectivity index (χ3n) is 4.53. The maximum Gasteiger partial charge on any atom is 0.266 e. The zero-order chi connectivity index (χ0) is 22.0. The van der Waals surface area contributed by atoms with E-state index in [1.54, 1.807) is 36.8 Å². The number of pyridine rings is 2. The molecule has 1 N–H and O–H groups in total. The van der Waals surface area contributed by atoms with Gasteiger partial charge in [-0.3, -0.25) is 4.79 Å². The van der Waals surface area contributed by atoms with Crippen LogP contribution in [0.4, 0.5) is 5.82 Å². The third kappa shape index (κ3) is 4.31. The molecular weight excluding hydrogens is 418 g/mol. The molecule has 0 bridgehead atoms. The van der Waals surface area contributed by atoms with Gasteiger partial charge in [-0.15, -0.1) is 0 Å². The Labute approximate surface area is 183 Å². The Kier molecular flexibility index (Phi) is 5.77. The summed E-state index contributed by atoms with van der Waals surface area (Å²) in [5.41, 5.74) is 1.47. The van der Waals surface area contributed by atoms with E-state index in [0.717, 1.165) is 5.56 Å². The number of hydrogen-bond acceptors (Lipinski definition) is 7. The Morgan fingerprint density at radius 2 is 1.97 bits per heavy atom. The number of carbonyl (C=O) groups is 1. The van der Waals surface area contributed by atoms with Gasteiger partial charge in [-0.05, 0) is 36.6 Å². The molecule has 31 heavy (non-hydrogen) atoms. The van der Waals surface area contributed by atoms with Gasteiger partial charge >= 0.3 is 0 Å². The Balaban J connectivity index is 1.63. The monoisotopic (exact) mass is 437 g/mol. The summed E-state index contributed by atoms with van der Waals surface area (Å²) in [6.07, 6.45) is 5.41. The molecule has 4 heterocycles. The lowest BCUT2D eigenvalue weighted by Crippen LogP contribution is -2.37. The van der Waals surface area contributed by atoms with Crippen LogP contribution in [0.5, 0.6) is 5.88 Å². The molecule has 0 fully saturated rings. The average molecular weight is 438 g/mol. The van der Waals surface area contributed by atoms with Crippen molar-refractivity contribution in [1.82, 2.24) is 29.7 Å². The maximum absolute atomic E-state index is 12.9. The number of nitrogens with one attached hydrogen (secondary N) is 1. The van der Waals surface area contributed by atoms with Crippen LogP contribution in [0.3, 0.4) is 0 Å². The van der Waals surface area contributed by atoms with Gasteiger partial charge in [-0.2, -0.15) is 9.78 Å². The molecule has 0 aliphatic heterocycles. The summed E-state index contributed by atoms with van der Waals surface area (Å²) in [5.74, 6) is 0.686. The molecular formula is C21H20ClN7O2. The largest absolute Gasteiger partial charge is 0.463 e. The van der Waals surface area contributed by atoms with E-state index in [4.69, 9.17) is 16.3 Å². The fourth-order valence-corrected chi connectivity index (χ4v) is 3.16. The molecule has 0 aliphatic carbocycles. The van der Waals surface area contributed by atoms with Gasteiger partial charge in [0.1, 0.15) is 17.5 Å². The molecule has 4 aromatic heterocycles. The van der Waals surface area contributed by atoms with Crippen LogP contribution < -0.4 is 10.1 Å². The molecule has 4 rings (SSSR count). The second-order valence-electron chi connectivity index (χ2n) is 7.27. The second-order valence-corrected chi connectivity index (χ2v) is 7.68. The highest BCUT2D eigenvalue weighted by Gasteiger charge is 2.27. The van der Waals surface area contributed by atoms with Crippen molar-refractivity contribution in [2.45, 2.75) is 26.9 Å². The lowest BCUT2D eigenvalue weighted by atomic mass is 10.1. The molecule has 10 heteroatoms. The number of rotatable bonds is 6. The highest BCUT2D eigenvalue weighted by Crippen LogP contribution is 2.27. The fourth-order valence-electron chi connectivity index (χ4n) is 2.96. The number of fused-ring (bicyclic) bond motifs is 1. The van der Waals surface area contributed by atoms with Crippen molar-refractivity contribution in [2.24, 2.45) is 5.92 Å². The number of aryl methyl sites for hydroxylation is 1. The van der Waals surface area contributed by atoms with E-state index in [-0.39, 0.29) is 17.7 Å². The van der Waals surface area contributed by atoms with Crippen LogP contribution in [0.15, 0.2) is 49.2 Å². The van der Waals surface area contributed by atoms with Crippen molar-refractivity contribution in [1.29, 1.82) is 0 Å². The Bertz CT molecular complexity index is 1220. The lowest BCUT2D eigenvalue weighted by Gasteiger charge is -2.21. The van der Waals surface area contributed by atoms with Crippen LogP contribution in [0.25, 0.3) is 16.9 Å². The molecule has 0 aliphatic rings. The predicted octanol–water partition coefficient (Wildman–Crippen LogP) is 3.61. The number of anilines is 1. The van der Waals surface area contributed by atoms with Crippen molar-refractivity contribution >= 4 is 34.4 Å². The van der Waals surface area contributed by atoms with E-state index in [1.807, 2.05) is 26.8 Å². The van der Waals surface area contributed by atoms with Crippen molar-refractivity contribution < 1.29 is 9.53 Å². The molecule has 0 saturated heterocycles. The van der Waals surface area contributed by atoms with Gasteiger partial charge < -0.3 is 10.1 Å². The molecule has 0 spiro atoms. The minimum absolute atomic E-state index is 0.129. The topological polar surface area (TPSA) is 108 Å². The smallest absolute Gasteiger partial charge is 0.266 e. The van der Waals surface area contributed by atoms with Gasteiger partial charge in [0.2, 0.25) is 5.88 Å². The van der Waals surface area contributed by atoms with Gasteiger partial charge in [-0.1, -0.05) is 31.5 Å². The van der Waals surface area contributed by atoms with Crippen LogP contribution in [-0.2, 0) is 4.79 Å². The summed E-state index contributed by atoms with van der Waals surface area (Å²) >= 11 is 6.25. The van der Waals surface area contributed by atoms with Crippen molar-refractivity contribution in [2.75, 3.05) is 5.32 Å². The van der Waals surface area contributed by atoms with Crippen molar-refractivity contribution in [3.63, 3.8) is 0 Å². The van der Waals surface area contributed by atoms with Gasteiger partial charge in [-0.25, -0.2) is 19.9 Å². The molecule has 1 unspecified atom stereocenters. The Morgan fingerprint density at radius 1 is 1.13 bits per heavy atom. The summed E-state index contributed by atoms with van der Waals surface area (Å²) in [6.45, 7) is 5.71. The summed E-state index contributed by atoms with van der Waals surface area (Å²) < 4.78 is 7.54. The van der Waals surface area contributed by atoms with E-state index >= 15 is 0 Å². The van der Waals surface area contributed by atoms with Gasteiger partial charge in [0.05, 0.1) is 11.2 Å². The molecule has 0 aromatic carbocycles. The first-order chi connectivity index (χ1) is 14.9. The predicted molar refractivity (Wildman–Crippen MR) is 116 cm³/mol. The highest BCUT2D eigenvalue weighted by molar-refractivity contribution is 6.32. The zero-order valence-corrected chi connectivity index (χ0v) is 17.9. The molecule has 0 saturated carbocycles. The highest BCUT2D eigenvalue weighted by atomic mass is 35.5. The molecule has 1 atom stereocenters. The van der Waals surface area contributed by atoms with Crippen LogP contribution in [0, 0.1) is 12.8 Å². The first kappa shape index (κ1) is 20.7. The quantitative estimate of drug-likeness (QED) is 0.490. The summed E-state index contributed by atoms with van der Waals surface area (Å²) in [4.78, 5) is 29.9. The minimum atomic E-state index is -0.803. The third-order valence-corrected chi connectivity index (χ3v) is 4.83. The number of ether oxygens (including phenoxy) is 1. The average Bonchev–Trinajstić information content (AvgIpc) is 3.18. The van der Waals surface area contributed by atoms with Gasteiger partial charge in [0, 0.05) is 12.4 Å². The maximum atomic E-state index is 12.9. The molecule has 0 radical (unpaired) electrons. The van der Waals surface area contributed by atoms with Crippen molar-refractivity contribution in [3.05, 3.63) is 59.8 Å². The van der Waals surface area contributed by atoms with E-state index in [1.165, 1.54) is 11.0 Å². The lowest BCUT2D eigenvalue weighted by molar-refractivity contribution is -0.124. The fraction of sp³-hybridized carbons (Fsp3) is 0.238. The van der Waals surface area contributed by atoms with E-state index in [2.05, 4.69) is 30.4 Å². The summed E-state index contributed by atoms with van der Waals surface area (Å²) in [7, 11) is 0. The zero-order valence-electron chi connectivity index (χ0n) is 17.2. The number of nitrogens with zero attached hydrogens (tertiary/aromatic N) is 6. The molecule has 9 nitrogen and oxygen atoms in total. The summed E-state index contributed by atoms with van der Waals surface area (Å²) in [5, 5.41) is 8.09. The van der Waals surface area contributed by atoms with Crippen LogP contribution >= 0.6 is 11.6 Å². The van der Waals surface area contributed by atoms with Crippen LogP contribution in [0.2, 0.25) is 5.02 Å². The van der Waals surface area contributed by atoms with Gasteiger partial charge in [0.25, 0.3) is 5.91 Å². The van der Waals surface area contributed by atoms with E-state index in [9.17, 15) is 4.79 Å². The first-order valence-electron chi connectivity index (χ1n) is 9.64. The molecule has 4 aromatic rings. The number of amides is 1. The Morgan fingerprint density at radius 3 is 2.68 bits per heavy atom. The number of halogens is 1. The normalized spacial score (nSPS) is 12.2. The van der Waals surface area contributed by atoms with Crippen LogP contribution in [-0.4, -0.2) is 41.7 Å².